The first-order chi connectivity index (χ1) is 8.54. The molecule has 0 aliphatic heterocycles. The van der Waals surface area contributed by atoms with E-state index in [1.54, 1.807) is 12.1 Å². The van der Waals surface area contributed by atoms with E-state index in [0.717, 1.165) is 5.69 Å². The van der Waals surface area contributed by atoms with Crippen molar-refractivity contribution in [3.63, 3.8) is 0 Å². The molecule has 3 heteroatoms. The summed E-state index contributed by atoms with van der Waals surface area (Å²) in [5.41, 5.74) is 2.86. The first-order valence-corrected chi connectivity index (χ1v) is 5.94. The monoisotopic (exact) mass is 243 g/mol. The quantitative estimate of drug-likeness (QED) is 0.764. The van der Waals surface area contributed by atoms with Crippen molar-refractivity contribution in [3.8, 4) is 11.5 Å². The van der Waals surface area contributed by atoms with Crippen LogP contribution in [0, 0.1) is 0 Å². The van der Waals surface area contributed by atoms with Crippen molar-refractivity contribution in [2.45, 2.75) is 19.8 Å². The van der Waals surface area contributed by atoms with Crippen LogP contribution < -0.4 is 5.32 Å². The Kier molecular flexibility index (Phi) is 3.42. The van der Waals surface area contributed by atoms with Crippen LogP contribution in [0.3, 0.4) is 0 Å². The molecule has 0 amide bonds. The molecule has 18 heavy (non-hydrogen) atoms. The second-order valence-corrected chi connectivity index (χ2v) is 4.64. The minimum Gasteiger partial charge on any atom is -0.508 e. The lowest BCUT2D eigenvalue weighted by atomic mass is 10.0. The lowest BCUT2D eigenvalue weighted by Gasteiger charge is -2.10. The van der Waals surface area contributed by atoms with Gasteiger partial charge in [0.15, 0.2) is 0 Å². The zero-order valence-corrected chi connectivity index (χ0v) is 10.5. The van der Waals surface area contributed by atoms with E-state index in [1.807, 2.05) is 12.1 Å². The standard InChI is InChI=1S/C15H17NO2/c1-10(2)11-3-5-12(6-4-11)16-13-7-14(17)9-15(18)8-13/h3-10,16-18H,1-2H3. The first-order valence-electron chi connectivity index (χ1n) is 5.94. The molecule has 0 atom stereocenters. The molecule has 2 aromatic carbocycles. The molecule has 3 nitrogen and oxygen atoms in total. The molecule has 0 unspecified atom stereocenters. The Labute approximate surface area is 107 Å². The lowest BCUT2D eigenvalue weighted by Crippen LogP contribution is -1.92. The Morgan fingerprint density at radius 3 is 1.89 bits per heavy atom. The molecule has 2 rings (SSSR count). The molecule has 0 aromatic heterocycles. The maximum Gasteiger partial charge on any atom is 0.121 e. The van der Waals surface area contributed by atoms with Gasteiger partial charge in [0.05, 0.1) is 0 Å². The van der Waals surface area contributed by atoms with Crippen LogP contribution in [0.1, 0.15) is 25.3 Å². The first kappa shape index (κ1) is 12.3. The number of hydrogen-bond acceptors (Lipinski definition) is 3. The van der Waals surface area contributed by atoms with Crippen molar-refractivity contribution in [1.82, 2.24) is 0 Å². The summed E-state index contributed by atoms with van der Waals surface area (Å²) in [5.74, 6) is 0.580. The molecule has 0 aliphatic rings. The van der Waals surface area contributed by atoms with Gasteiger partial charge in [0, 0.05) is 29.6 Å². The van der Waals surface area contributed by atoms with Crippen molar-refractivity contribution < 1.29 is 10.2 Å². The van der Waals surface area contributed by atoms with Crippen LogP contribution in [0.25, 0.3) is 0 Å². The highest BCUT2D eigenvalue weighted by Gasteiger charge is 2.01. The number of nitrogens with one attached hydrogen (secondary N) is 1. The average molecular weight is 243 g/mol. The molecular weight excluding hydrogens is 226 g/mol. The van der Waals surface area contributed by atoms with Crippen molar-refractivity contribution >= 4 is 11.4 Å². The molecule has 0 saturated carbocycles. The predicted molar refractivity (Wildman–Crippen MR) is 73.6 cm³/mol. The fourth-order valence-electron chi connectivity index (χ4n) is 1.79. The lowest BCUT2D eigenvalue weighted by molar-refractivity contribution is 0.451. The fourth-order valence-corrected chi connectivity index (χ4v) is 1.79. The summed E-state index contributed by atoms with van der Waals surface area (Å²) in [5, 5.41) is 21.9. The Bertz CT molecular complexity index is 512. The van der Waals surface area contributed by atoms with Crippen LogP contribution in [-0.4, -0.2) is 10.2 Å². The summed E-state index contributed by atoms with van der Waals surface area (Å²) >= 11 is 0. The van der Waals surface area contributed by atoms with Crippen LogP contribution in [0.5, 0.6) is 11.5 Å². The van der Waals surface area contributed by atoms with Gasteiger partial charge in [0.2, 0.25) is 0 Å². The van der Waals surface area contributed by atoms with E-state index in [1.165, 1.54) is 11.6 Å². The third kappa shape index (κ3) is 2.94. The Balaban J connectivity index is 2.18. The zero-order valence-electron chi connectivity index (χ0n) is 10.5. The molecule has 2 aromatic rings. The summed E-state index contributed by atoms with van der Waals surface area (Å²) < 4.78 is 0. The van der Waals surface area contributed by atoms with Crippen molar-refractivity contribution in [2.24, 2.45) is 0 Å². The fraction of sp³-hybridized carbons (Fsp3) is 0.200. The Hall–Kier alpha value is -2.16. The largest absolute Gasteiger partial charge is 0.508 e. The van der Waals surface area contributed by atoms with Crippen LogP contribution in [0.4, 0.5) is 11.4 Å². The summed E-state index contributed by atoms with van der Waals surface area (Å²) in [4.78, 5) is 0. The molecule has 0 fully saturated rings. The van der Waals surface area contributed by atoms with E-state index in [9.17, 15) is 10.2 Å². The summed E-state index contributed by atoms with van der Waals surface area (Å²) in [7, 11) is 0. The Morgan fingerprint density at radius 2 is 1.39 bits per heavy atom. The molecule has 94 valence electrons. The number of rotatable bonds is 3. The minimum atomic E-state index is 0.0382. The van der Waals surface area contributed by atoms with E-state index in [2.05, 4.69) is 31.3 Å². The van der Waals surface area contributed by atoms with E-state index in [0.29, 0.717) is 11.6 Å². The maximum atomic E-state index is 9.39. The molecule has 0 heterocycles. The second-order valence-electron chi connectivity index (χ2n) is 4.64. The Morgan fingerprint density at radius 1 is 0.833 bits per heavy atom. The van der Waals surface area contributed by atoms with Crippen molar-refractivity contribution in [2.75, 3.05) is 5.32 Å². The molecule has 0 radical (unpaired) electrons. The average Bonchev–Trinajstić information content (AvgIpc) is 2.28. The number of benzene rings is 2. The highest BCUT2D eigenvalue weighted by atomic mass is 16.3. The minimum absolute atomic E-state index is 0.0382. The summed E-state index contributed by atoms with van der Waals surface area (Å²) in [6.45, 7) is 4.30. The van der Waals surface area contributed by atoms with Crippen molar-refractivity contribution in [1.29, 1.82) is 0 Å². The van der Waals surface area contributed by atoms with Gasteiger partial charge in [-0.25, -0.2) is 0 Å². The van der Waals surface area contributed by atoms with E-state index < -0.39 is 0 Å². The third-order valence-electron chi connectivity index (χ3n) is 2.77. The van der Waals surface area contributed by atoms with Crippen LogP contribution >= 0.6 is 0 Å². The molecule has 0 saturated heterocycles. The van der Waals surface area contributed by atoms with Gasteiger partial charge in [0.1, 0.15) is 11.5 Å². The molecule has 0 bridgehead atoms. The van der Waals surface area contributed by atoms with E-state index >= 15 is 0 Å². The second kappa shape index (κ2) is 5.00. The highest BCUT2D eigenvalue weighted by molar-refractivity contribution is 5.63. The van der Waals surface area contributed by atoms with Crippen LogP contribution in [0.2, 0.25) is 0 Å². The van der Waals surface area contributed by atoms with E-state index in [-0.39, 0.29) is 11.5 Å². The molecule has 0 aliphatic carbocycles. The van der Waals surface area contributed by atoms with Gasteiger partial charge < -0.3 is 15.5 Å². The SMILES string of the molecule is CC(C)c1ccc(Nc2cc(O)cc(O)c2)cc1. The van der Waals surface area contributed by atoms with E-state index in [4.69, 9.17) is 0 Å². The van der Waals surface area contributed by atoms with Gasteiger partial charge in [-0.2, -0.15) is 0 Å². The van der Waals surface area contributed by atoms with Gasteiger partial charge in [0.25, 0.3) is 0 Å². The number of phenols is 2. The van der Waals surface area contributed by atoms with Gasteiger partial charge in [-0.1, -0.05) is 26.0 Å². The van der Waals surface area contributed by atoms with Gasteiger partial charge >= 0.3 is 0 Å². The maximum absolute atomic E-state index is 9.39. The van der Waals surface area contributed by atoms with Crippen LogP contribution in [0.15, 0.2) is 42.5 Å². The smallest absolute Gasteiger partial charge is 0.121 e. The number of hydrogen-bond donors (Lipinski definition) is 3. The number of aromatic hydroxyl groups is 2. The molecule has 0 spiro atoms. The van der Waals surface area contributed by atoms with Crippen LogP contribution in [-0.2, 0) is 0 Å². The van der Waals surface area contributed by atoms with Gasteiger partial charge in [-0.3, -0.25) is 0 Å². The third-order valence-corrected chi connectivity index (χ3v) is 2.77. The van der Waals surface area contributed by atoms with Gasteiger partial charge in [-0.15, -0.1) is 0 Å². The summed E-state index contributed by atoms with van der Waals surface area (Å²) in [6.07, 6.45) is 0. The van der Waals surface area contributed by atoms with Crippen molar-refractivity contribution in [3.05, 3.63) is 48.0 Å². The predicted octanol–water partition coefficient (Wildman–Crippen LogP) is 3.96. The molecular formula is C15H17NO2. The molecule has 3 N–H and O–H groups in total. The number of anilines is 2. The summed E-state index contributed by atoms with van der Waals surface area (Å²) in [6, 6.07) is 12.5. The highest BCUT2D eigenvalue weighted by Crippen LogP contribution is 2.27. The topological polar surface area (TPSA) is 52.5 Å². The number of phenolic OH excluding ortho intramolecular Hbond substituents is 2. The normalized spacial score (nSPS) is 10.6. The van der Waals surface area contributed by atoms with Gasteiger partial charge in [-0.05, 0) is 23.6 Å². The zero-order chi connectivity index (χ0) is 13.1.